The number of benzene rings is 2. The van der Waals surface area contributed by atoms with Gasteiger partial charge in [-0.15, -0.1) is 0 Å². The zero-order chi connectivity index (χ0) is 15.0. The van der Waals surface area contributed by atoms with E-state index in [1.165, 1.54) is 0 Å². The average molecular weight is 286 g/mol. The van der Waals surface area contributed by atoms with Gasteiger partial charge in [0.25, 0.3) is 5.54 Å². The number of hydrogen-bond acceptors (Lipinski definition) is 4. The van der Waals surface area contributed by atoms with Crippen LogP contribution in [0, 0.1) is 10.1 Å². The smallest absolute Gasteiger partial charge is 0.265 e. The number of nitrogens with zero attached hydrogens (tertiary/aromatic N) is 2. The van der Waals surface area contributed by atoms with Gasteiger partial charge in [-0.05, 0) is 23.4 Å². The zero-order valence-corrected chi connectivity index (χ0v) is 11.9. The van der Waals surface area contributed by atoms with Crippen LogP contribution in [0.1, 0.15) is 11.5 Å². The van der Waals surface area contributed by atoms with Crippen LogP contribution in [0.5, 0.6) is 0 Å². The van der Waals surface area contributed by atoms with E-state index in [9.17, 15) is 15.2 Å². The molecule has 0 bridgehead atoms. The molecule has 0 aromatic heterocycles. The SMILES string of the molecule is CN1C[C@@H](c2ccc3ccccc3c2)[C@](CO)([N+](=O)[O-])C1. The third-order valence-electron chi connectivity index (χ3n) is 4.50. The van der Waals surface area contributed by atoms with E-state index in [4.69, 9.17) is 0 Å². The van der Waals surface area contributed by atoms with Gasteiger partial charge in [0.1, 0.15) is 6.61 Å². The number of hydrogen-bond donors (Lipinski definition) is 1. The quantitative estimate of drug-likeness (QED) is 0.691. The summed E-state index contributed by atoms with van der Waals surface area (Å²) >= 11 is 0. The molecule has 0 radical (unpaired) electrons. The third kappa shape index (κ3) is 2.18. The molecule has 1 aliphatic rings. The van der Waals surface area contributed by atoms with E-state index >= 15 is 0 Å². The van der Waals surface area contributed by atoms with E-state index in [-0.39, 0.29) is 17.4 Å². The number of aliphatic hydroxyl groups excluding tert-OH is 1. The number of rotatable bonds is 3. The summed E-state index contributed by atoms with van der Waals surface area (Å²) in [6.45, 7) is 0.412. The fourth-order valence-corrected chi connectivity index (χ4v) is 3.37. The van der Waals surface area contributed by atoms with Crippen molar-refractivity contribution in [2.45, 2.75) is 11.5 Å². The van der Waals surface area contributed by atoms with Crippen molar-refractivity contribution < 1.29 is 10.0 Å². The van der Waals surface area contributed by atoms with Gasteiger partial charge < -0.3 is 5.11 Å². The van der Waals surface area contributed by atoms with Crippen LogP contribution >= 0.6 is 0 Å². The highest BCUT2D eigenvalue weighted by Gasteiger charge is 2.56. The maximum absolute atomic E-state index is 11.6. The Kier molecular flexibility index (Phi) is 3.39. The Hall–Kier alpha value is -1.98. The Balaban J connectivity index is 2.09. The van der Waals surface area contributed by atoms with Crippen LogP contribution < -0.4 is 0 Å². The van der Waals surface area contributed by atoms with Gasteiger partial charge in [0, 0.05) is 11.5 Å². The molecule has 0 aliphatic carbocycles. The van der Waals surface area contributed by atoms with Gasteiger partial charge in [-0.2, -0.15) is 0 Å². The van der Waals surface area contributed by atoms with Gasteiger partial charge in [0.05, 0.1) is 12.5 Å². The lowest BCUT2D eigenvalue weighted by Crippen LogP contribution is -2.48. The molecule has 2 aromatic rings. The normalized spacial score (nSPS) is 26.3. The van der Waals surface area contributed by atoms with Crippen LogP contribution in [0.15, 0.2) is 42.5 Å². The van der Waals surface area contributed by atoms with Crippen molar-refractivity contribution in [3.05, 3.63) is 58.1 Å². The maximum atomic E-state index is 11.6. The van der Waals surface area contributed by atoms with Crippen LogP contribution in [-0.4, -0.2) is 47.2 Å². The van der Waals surface area contributed by atoms with Crippen LogP contribution in [0.2, 0.25) is 0 Å². The first-order valence-electron chi connectivity index (χ1n) is 6.99. The first-order valence-corrected chi connectivity index (χ1v) is 6.99. The van der Waals surface area contributed by atoms with Gasteiger partial charge in [0.15, 0.2) is 0 Å². The fraction of sp³-hybridized carbons (Fsp3) is 0.375. The second-order valence-electron chi connectivity index (χ2n) is 5.87. The molecule has 5 heteroatoms. The molecule has 1 heterocycles. The number of likely N-dealkylation sites (N-methyl/N-ethyl adjacent to an activating group) is 1. The number of fused-ring (bicyclic) bond motifs is 1. The molecule has 110 valence electrons. The largest absolute Gasteiger partial charge is 0.389 e. The Morgan fingerprint density at radius 2 is 2.05 bits per heavy atom. The molecule has 1 aliphatic heterocycles. The molecular formula is C16H18N2O3. The van der Waals surface area contributed by atoms with E-state index in [0.717, 1.165) is 16.3 Å². The summed E-state index contributed by atoms with van der Waals surface area (Å²) in [6.07, 6.45) is 0. The summed E-state index contributed by atoms with van der Waals surface area (Å²) in [7, 11) is 1.86. The van der Waals surface area contributed by atoms with E-state index in [0.29, 0.717) is 6.54 Å². The Labute approximate surface area is 123 Å². The molecule has 1 fully saturated rings. The van der Waals surface area contributed by atoms with Crippen molar-refractivity contribution in [1.82, 2.24) is 4.90 Å². The molecule has 21 heavy (non-hydrogen) atoms. The predicted molar refractivity (Wildman–Crippen MR) is 81.0 cm³/mol. The molecule has 5 nitrogen and oxygen atoms in total. The van der Waals surface area contributed by atoms with Gasteiger partial charge in [-0.3, -0.25) is 15.0 Å². The predicted octanol–water partition coefficient (Wildman–Crippen LogP) is 1.88. The lowest BCUT2D eigenvalue weighted by atomic mass is 9.82. The molecule has 0 amide bonds. The average Bonchev–Trinajstić information content (AvgIpc) is 2.85. The first kappa shape index (κ1) is 14.0. The Morgan fingerprint density at radius 1 is 1.33 bits per heavy atom. The lowest BCUT2D eigenvalue weighted by Gasteiger charge is -2.24. The zero-order valence-electron chi connectivity index (χ0n) is 11.9. The summed E-state index contributed by atoms with van der Waals surface area (Å²) < 4.78 is 0. The minimum atomic E-state index is -1.31. The first-order chi connectivity index (χ1) is 10.1. The maximum Gasteiger partial charge on any atom is 0.265 e. The van der Waals surface area contributed by atoms with Crippen LogP contribution in [-0.2, 0) is 0 Å². The molecular weight excluding hydrogens is 268 g/mol. The third-order valence-corrected chi connectivity index (χ3v) is 4.50. The standard InChI is InChI=1S/C16H18N2O3/c1-17-9-15(16(10-17,11-19)18(20)21)14-7-6-12-4-2-3-5-13(12)8-14/h2-8,15,19H,9-11H2,1H3/t15-,16-/m0/s1. The van der Waals surface area contributed by atoms with Crippen LogP contribution in [0.4, 0.5) is 0 Å². The Bertz CT molecular complexity index is 688. The van der Waals surface area contributed by atoms with Crippen molar-refractivity contribution in [2.75, 3.05) is 26.7 Å². The van der Waals surface area contributed by atoms with E-state index in [1.54, 1.807) is 0 Å². The molecule has 0 spiro atoms. The van der Waals surface area contributed by atoms with Gasteiger partial charge in [-0.1, -0.05) is 42.5 Å². The van der Waals surface area contributed by atoms with Crippen molar-refractivity contribution in [2.24, 2.45) is 0 Å². The summed E-state index contributed by atoms with van der Waals surface area (Å²) in [4.78, 5) is 13.2. The highest BCUT2D eigenvalue weighted by Crippen LogP contribution is 2.38. The summed E-state index contributed by atoms with van der Waals surface area (Å²) in [5, 5.41) is 23.4. The number of aliphatic hydroxyl groups is 1. The van der Waals surface area contributed by atoms with Crippen LogP contribution in [0.25, 0.3) is 10.8 Å². The van der Waals surface area contributed by atoms with Crippen molar-refractivity contribution >= 4 is 10.8 Å². The van der Waals surface area contributed by atoms with E-state index in [1.807, 2.05) is 54.4 Å². The Morgan fingerprint density at radius 3 is 2.71 bits per heavy atom. The number of likely N-dealkylation sites (tertiary alicyclic amines) is 1. The molecule has 1 N–H and O–H groups in total. The van der Waals surface area contributed by atoms with E-state index < -0.39 is 12.1 Å². The van der Waals surface area contributed by atoms with Gasteiger partial charge in [-0.25, -0.2) is 0 Å². The number of nitro groups is 1. The minimum Gasteiger partial charge on any atom is -0.389 e. The molecule has 2 aromatic carbocycles. The second-order valence-corrected chi connectivity index (χ2v) is 5.87. The lowest BCUT2D eigenvalue weighted by molar-refractivity contribution is -0.572. The molecule has 0 saturated carbocycles. The highest BCUT2D eigenvalue weighted by atomic mass is 16.6. The summed E-state index contributed by atoms with van der Waals surface area (Å²) in [6, 6.07) is 13.9. The van der Waals surface area contributed by atoms with Crippen molar-refractivity contribution in [3.8, 4) is 0 Å². The topological polar surface area (TPSA) is 66.6 Å². The summed E-state index contributed by atoms with van der Waals surface area (Å²) in [5.74, 6) is -0.299. The van der Waals surface area contributed by atoms with Gasteiger partial charge >= 0.3 is 0 Å². The molecule has 3 rings (SSSR count). The molecule has 0 unspecified atom stereocenters. The molecule has 1 saturated heterocycles. The fourth-order valence-electron chi connectivity index (χ4n) is 3.37. The molecule has 2 atom stereocenters. The van der Waals surface area contributed by atoms with E-state index in [2.05, 4.69) is 0 Å². The van der Waals surface area contributed by atoms with Gasteiger partial charge in [0.2, 0.25) is 0 Å². The second kappa shape index (κ2) is 5.09. The van der Waals surface area contributed by atoms with Crippen molar-refractivity contribution in [1.29, 1.82) is 0 Å². The monoisotopic (exact) mass is 286 g/mol. The summed E-state index contributed by atoms with van der Waals surface area (Å²) in [5.41, 5.74) is -0.388. The van der Waals surface area contributed by atoms with Crippen molar-refractivity contribution in [3.63, 3.8) is 0 Å². The van der Waals surface area contributed by atoms with Crippen LogP contribution in [0.3, 0.4) is 0 Å². The highest BCUT2D eigenvalue weighted by molar-refractivity contribution is 5.83. The minimum absolute atomic E-state index is 0.272.